The fourth-order valence-electron chi connectivity index (χ4n) is 4.83. The van der Waals surface area contributed by atoms with Gasteiger partial charge >= 0.3 is 0 Å². The SMILES string of the molecule is COc1ccc(N2C(=O)c3ccccc3N[C@@H]2c2cc3ccccc3nc2N2CCOCC2)cc1. The number of carbonyl (C=O) groups excluding carboxylic acids is 1. The molecule has 1 amide bonds. The Kier molecular flexibility index (Phi) is 5.47. The Morgan fingerprint density at radius 2 is 1.71 bits per heavy atom. The molecular formula is C28H26N4O3. The van der Waals surface area contributed by atoms with Gasteiger partial charge in [-0.1, -0.05) is 30.3 Å². The van der Waals surface area contributed by atoms with E-state index in [2.05, 4.69) is 22.3 Å². The molecule has 1 fully saturated rings. The predicted molar refractivity (Wildman–Crippen MR) is 137 cm³/mol. The lowest BCUT2D eigenvalue weighted by molar-refractivity contribution is 0.0974. The molecule has 3 aromatic carbocycles. The van der Waals surface area contributed by atoms with E-state index in [1.165, 1.54) is 0 Å². The molecule has 0 saturated carbocycles. The van der Waals surface area contributed by atoms with Crippen molar-refractivity contribution < 1.29 is 14.3 Å². The van der Waals surface area contributed by atoms with E-state index in [4.69, 9.17) is 14.5 Å². The number of morpholine rings is 1. The molecule has 0 spiro atoms. The summed E-state index contributed by atoms with van der Waals surface area (Å²) in [4.78, 5) is 23.1. The summed E-state index contributed by atoms with van der Waals surface area (Å²) in [5, 5.41) is 4.67. The van der Waals surface area contributed by atoms with Crippen LogP contribution in [-0.4, -0.2) is 44.3 Å². The largest absolute Gasteiger partial charge is 0.497 e. The monoisotopic (exact) mass is 466 g/mol. The van der Waals surface area contributed by atoms with Crippen molar-refractivity contribution in [2.24, 2.45) is 0 Å². The van der Waals surface area contributed by atoms with Crippen LogP contribution in [0.5, 0.6) is 5.75 Å². The van der Waals surface area contributed by atoms with Gasteiger partial charge in [0.05, 0.1) is 31.4 Å². The number of nitrogens with zero attached hydrogens (tertiary/aromatic N) is 3. The minimum atomic E-state index is -0.444. The highest BCUT2D eigenvalue weighted by Gasteiger charge is 2.36. The number of amides is 1. The van der Waals surface area contributed by atoms with E-state index < -0.39 is 6.17 Å². The smallest absolute Gasteiger partial charge is 0.262 e. The molecule has 1 N–H and O–H groups in total. The van der Waals surface area contributed by atoms with Crippen molar-refractivity contribution in [1.82, 2.24) is 4.98 Å². The number of anilines is 3. The molecule has 1 atom stereocenters. The van der Waals surface area contributed by atoms with E-state index >= 15 is 0 Å². The van der Waals surface area contributed by atoms with Crippen LogP contribution in [0, 0.1) is 0 Å². The molecule has 35 heavy (non-hydrogen) atoms. The van der Waals surface area contributed by atoms with Gasteiger partial charge in [0.25, 0.3) is 5.91 Å². The summed E-state index contributed by atoms with van der Waals surface area (Å²) in [6.45, 7) is 2.79. The number of nitrogens with one attached hydrogen (secondary N) is 1. The van der Waals surface area contributed by atoms with E-state index in [9.17, 15) is 4.79 Å². The summed E-state index contributed by atoms with van der Waals surface area (Å²) in [7, 11) is 1.64. The summed E-state index contributed by atoms with van der Waals surface area (Å²) in [6, 6.07) is 25.5. The number of pyridine rings is 1. The standard InChI is InChI=1S/C28H26N4O3/c1-34-21-12-10-20(11-13-21)32-27(30-25-9-5-3-7-22(25)28(32)33)23-18-19-6-2-4-8-24(19)29-26(23)31-14-16-35-17-15-31/h2-13,18,27,30H,14-17H2,1H3/t27-/m0/s1. The van der Waals surface area contributed by atoms with E-state index in [0.29, 0.717) is 18.8 Å². The van der Waals surface area contributed by atoms with Crippen molar-refractivity contribution in [3.63, 3.8) is 0 Å². The molecule has 2 aliphatic rings. The number of benzene rings is 3. The molecule has 3 heterocycles. The maximum atomic E-state index is 13.9. The lowest BCUT2D eigenvalue weighted by atomic mass is 10.0. The molecule has 0 bridgehead atoms. The molecule has 1 aromatic heterocycles. The predicted octanol–water partition coefficient (Wildman–Crippen LogP) is 4.85. The fraction of sp³-hybridized carbons (Fsp3) is 0.214. The van der Waals surface area contributed by atoms with Crippen LogP contribution < -0.4 is 19.9 Å². The van der Waals surface area contributed by atoms with Crippen molar-refractivity contribution in [2.45, 2.75) is 6.17 Å². The van der Waals surface area contributed by atoms with Crippen LogP contribution in [0.4, 0.5) is 17.2 Å². The number of fused-ring (bicyclic) bond motifs is 2. The van der Waals surface area contributed by atoms with Crippen molar-refractivity contribution in [3.8, 4) is 5.75 Å². The van der Waals surface area contributed by atoms with Crippen LogP contribution in [0.2, 0.25) is 0 Å². The highest BCUT2D eigenvalue weighted by molar-refractivity contribution is 6.12. The number of hydrogen-bond acceptors (Lipinski definition) is 6. The van der Waals surface area contributed by atoms with Crippen LogP contribution in [0.15, 0.2) is 78.9 Å². The zero-order valence-electron chi connectivity index (χ0n) is 19.5. The van der Waals surface area contributed by atoms with Crippen molar-refractivity contribution in [2.75, 3.05) is 48.5 Å². The van der Waals surface area contributed by atoms with E-state index in [1.807, 2.05) is 71.6 Å². The number of para-hydroxylation sites is 2. The molecule has 176 valence electrons. The van der Waals surface area contributed by atoms with Gasteiger partial charge in [0.1, 0.15) is 17.7 Å². The zero-order valence-corrected chi connectivity index (χ0v) is 19.5. The molecule has 7 nitrogen and oxygen atoms in total. The Morgan fingerprint density at radius 3 is 2.51 bits per heavy atom. The van der Waals surface area contributed by atoms with Crippen LogP contribution in [0.3, 0.4) is 0 Å². The number of aromatic nitrogens is 1. The summed E-state index contributed by atoms with van der Waals surface area (Å²) in [6.07, 6.45) is -0.444. The summed E-state index contributed by atoms with van der Waals surface area (Å²) in [5.74, 6) is 1.55. The average molecular weight is 467 g/mol. The first-order valence-corrected chi connectivity index (χ1v) is 11.8. The van der Waals surface area contributed by atoms with Gasteiger partial charge in [0, 0.05) is 35.4 Å². The third kappa shape index (κ3) is 3.84. The van der Waals surface area contributed by atoms with Gasteiger partial charge in [-0.2, -0.15) is 0 Å². The molecular weight excluding hydrogens is 440 g/mol. The van der Waals surface area contributed by atoms with Crippen LogP contribution >= 0.6 is 0 Å². The quantitative estimate of drug-likeness (QED) is 0.464. The number of methoxy groups -OCH3 is 1. The van der Waals surface area contributed by atoms with Crippen molar-refractivity contribution in [3.05, 3.63) is 90.0 Å². The number of hydrogen-bond donors (Lipinski definition) is 1. The fourth-order valence-corrected chi connectivity index (χ4v) is 4.83. The molecule has 6 rings (SSSR count). The van der Waals surface area contributed by atoms with Crippen LogP contribution in [-0.2, 0) is 4.74 Å². The average Bonchev–Trinajstić information content (AvgIpc) is 2.93. The van der Waals surface area contributed by atoms with Gasteiger partial charge in [0.2, 0.25) is 0 Å². The highest BCUT2D eigenvalue weighted by atomic mass is 16.5. The lowest BCUT2D eigenvalue weighted by Crippen LogP contribution is -2.45. The van der Waals surface area contributed by atoms with Gasteiger partial charge in [-0.3, -0.25) is 9.69 Å². The third-order valence-corrected chi connectivity index (χ3v) is 6.61. The summed E-state index contributed by atoms with van der Waals surface area (Å²) < 4.78 is 11.0. The second kappa shape index (κ2) is 8.92. The Labute approximate surface area is 203 Å². The zero-order chi connectivity index (χ0) is 23.8. The Balaban J connectivity index is 1.55. The van der Waals surface area contributed by atoms with Crippen molar-refractivity contribution >= 4 is 34.0 Å². The maximum absolute atomic E-state index is 13.9. The Bertz CT molecular complexity index is 1380. The number of ether oxygens (including phenoxy) is 2. The van der Waals surface area contributed by atoms with E-state index in [0.717, 1.165) is 52.5 Å². The minimum Gasteiger partial charge on any atom is -0.497 e. The maximum Gasteiger partial charge on any atom is 0.262 e. The Hall–Kier alpha value is -4.10. The second-order valence-corrected chi connectivity index (χ2v) is 8.66. The highest BCUT2D eigenvalue weighted by Crippen LogP contribution is 2.40. The normalized spacial score (nSPS) is 17.7. The topological polar surface area (TPSA) is 66.9 Å². The third-order valence-electron chi connectivity index (χ3n) is 6.61. The molecule has 2 aliphatic heterocycles. The molecule has 0 aliphatic carbocycles. The summed E-state index contributed by atoms with van der Waals surface area (Å²) in [5.41, 5.74) is 4.11. The van der Waals surface area contributed by atoms with Gasteiger partial charge in [0.15, 0.2) is 0 Å². The molecule has 4 aromatic rings. The first kappa shape index (κ1) is 21.4. The molecule has 0 radical (unpaired) electrons. The van der Waals surface area contributed by atoms with E-state index in [-0.39, 0.29) is 5.91 Å². The molecule has 0 unspecified atom stereocenters. The first-order valence-electron chi connectivity index (χ1n) is 11.8. The van der Waals surface area contributed by atoms with Gasteiger partial charge < -0.3 is 19.7 Å². The number of rotatable bonds is 4. The van der Waals surface area contributed by atoms with Gasteiger partial charge in [-0.25, -0.2) is 4.98 Å². The molecule has 1 saturated heterocycles. The van der Waals surface area contributed by atoms with Gasteiger partial charge in [-0.05, 0) is 48.5 Å². The van der Waals surface area contributed by atoms with Gasteiger partial charge in [-0.15, -0.1) is 0 Å². The van der Waals surface area contributed by atoms with Crippen LogP contribution in [0.1, 0.15) is 22.1 Å². The second-order valence-electron chi connectivity index (χ2n) is 8.66. The molecule has 7 heteroatoms. The minimum absolute atomic E-state index is 0.0596. The first-order chi connectivity index (χ1) is 17.2. The van der Waals surface area contributed by atoms with Crippen molar-refractivity contribution in [1.29, 1.82) is 0 Å². The lowest BCUT2D eigenvalue weighted by Gasteiger charge is -2.40. The van der Waals surface area contributed by atoms with E-state index in [1.54, 1.807) is 7.11 Å². The van der Waals surface area contributed by atoms with Crippen LogP contribution in [0.25, 0.3) is 10.9 Å². The summed E-state index contributed by atoms with van der Waals surface area (Å²) >= 11 is 0. The Morgan fingerprint density at radius 1 is 0.971 bits per heavy atom. The number of carbonyl (C=O) groups is 1.